The summed E-state index contributed by atoms with van der Waals surface area (Å²) in [5.74, 6) is 0.280. The van der Waals surface area contributed by atoms with Gasteiger partial charge in [0, 0.05) is 11.8 Å². The lowest BCUT2D eigenvalue weighted by atomic mass is 9.93. The molecule has 1 fully saturated rings. The Kier molecular flexibility index (Phi) is 6.42. The van der Waals surface area contributed by atoms with Crippen LogP contribution in [0, 0.1) is 5.41 Å². The molecule has 6 nitrogen and oxygen atoms in total. The number of nitrogens with zero attached hydrogens (tertiary/aromatic N) is 1. The van der Waals surface area contributed by atoms with Gasteiger partial charge in [-0.2, -0.15) is 0 Å². The summed E-state index contributed by atoms with van der Waals surface area (Å²) >= 11 is 0. The Morgan fingerprint density at radius 1 is 1.03 bits per heavy atom. The molecule has 0 aliphatic carbocycles. The van der Waals surface area contributed by atoms with Crippen LogP contribution in [0.3, 0.4) is 0 Å². The number of cyclic esters (lactones) is 1. The third-order valence-corrected chi connectivity index (χ3v) is 4.65. The fraction of sp³-hybridized carbons (Fsp3) is 0.391. The average molecular weight is 397 g/mol. The van der Waals surface area contributed by atoms with Crippen LogP contribution in [0.25, 0.3) is 0 Å². The summed E-state index contributed by atoms with van der Waals surface area (Å²) in [7, 11) is 0. The van der Waals surface area contributed by atoms with E-state index in [2.05, 4.69) is 0 Å². The van der Waals surface area contributed by atoms with E-state index >= 15 is 0 Å². The highest BCUT2D eigenvalue weighted by atomic mass is 16.6. The van der Waals surface area contributed by atoms with Crippen molar-refractivity contribution in [2.24, 2.45) is 5.41 Å². The van der Waals surface area contributed by atoms with Crippen LogP contribution in [-0.4, -0.2) is 35.8 Å². The van der Waals surface area contributed by atoms with Crippen molar-refractivity contribution < 1.29 is 23.8 Å². The molecule has 0 aromatic heterocycles. The number of esters is 1. The van der Waals surface area contributed by atoms with Crippen molar-refractivity contribution >= 4 is 12.1 Å². The van der Waals surface area contributed by atoms with E-state index in [1.165, 1.54) is 4.90 Å². The van der Waals surface area contributed by atoms with Crippen LogP contribution in [0.15, 0.2) is 60.7 Å². The number of hydrogen-bond donors (Lipinski definition) is 0. The van der Waals surface area contributed by atoms with Crippen molar-refractivity contribution in [3.63, 3.8) is 0 Å². The van der Waals surface area contributed by atoms with E-state index in [0.717, 1.165) is 5.56 Å². The molecule has 2 aromatic rings. The Morgan fingerprint density at radius 2 is 1.66 bits per heavy atom. The quantitative estimate of drug-likeness (QED) is 0.677. The molecule has 0 saturated carbocycles. The van der Waals surface area contributed by atoms with Gasteiger partial charge in [-0.15, -0.1) is 0 Å². The lowest BCUT2D eigenvalue weighted by molar-refractivity contribution is -0.147. The molecule has 1 heterocycles. The van der Waals surface area contributed by atoms with E-state index < -0.39 is 29.7 Å². The second-order valence-electron chi connectivity index (χ2n) is 8.07. The Morgan fingerprint density at radius 3 is 2.28 bits per heavy atom. The van der Waals surface area contributed by atoms with E-state index in [-0.39, 0.29) is 13.2 Å². The van der Waals surface area contributed by atoms with Gasteiger partial charge in [0.2, 0.25) is 0 Å². The molecule has 0 radical (unpaired) electrons. The predicted molar refractivity (Wildman–Crippen MR) is 108 cm³/mol. The second kappa shape index (κ2) is 8.99. The van der Waals surface area contributed by atoms with Crippen LogP contribution in [0.5, 0.6) is 5.75 Å². The standard InChI is InChI=1S/C23H27NO5/c1-23(2,3)21-24(22(26)28-16-17-10-6-4-7-11-17)19(20(25)29-21)14-15-27-18-12-8-5-9-13-18/h4-13,19,21H,14-16H2,1-3H3/t19-,21+/m0/s1. The molecule has 2 aromatic carbocycles. The molecule has 2 atom stereocenters. The van der Waals surface area contributed by atoms with Gasteiger partial charge in [-0.25, -0.2) is 9.59 Å². The number of carbonyl (C=O) groups excluding carboxylic acids is 2. The van der Waals surface area contributed by atoms with Gasteiger partial charge in [0.25, 0.3) is 0 Å². The van der Waals surface area contributed by atoms with Crippen LogP contribution in [0.4, 0.5) is 4.79 Å². The van der Waals surface area contributed by atoms with Gasteiger partial charge in [0.15, 0.2) is 6.23 Å². The molecular formula is C23H27NO5. The van der Waals surface area contributed by atoms with Gasteiger partial charge >= 0.3 is 12.1 Å². The van der Waals surface area contributed by atoms with E-state index in [1.807, 2.05) is 81.4 Å². The first-order chi connectivity index (χ1) is 13.9. The van der Waals surface area contributed by atoms with Gasteiger partial charge in [-0.05, 0) is 17.7 Å². The molecule has 6 heteroatoms. The second-order valence-corrected chi connectivity index (χ2v) is 8.07. The topological polar surface area (TPSA) is 65.1 Å². The minimum absolute atomic E-state index is 0.133. The first-order valence-corrected chi connectivity index (χ1v) is 9.73. The Balaban J connectivity index is 1.68. The Hall–Kier alpha value is -3.02. The number of hydrogen-bond acceptors (Lipinski definition) is 5. The minimum Gasteiger partial charge on any atom is -0.494 e. The molecule has 0 N–H and O–H groups in total. The third kappa shape index (κ3) is 5.28. The lowest BCUT2D eigenvalue weighted by Gasteiger charge is -2.33. The average Bonchev–Trinajstić information content (AvgIpc) is 3.05. The molecule has 1 amide bonds. The summed E-state index contributed by atoms with van der Waals surface area (Å²) < 4.78 is 16.8. The van der Waals surface area contributed by atoms with Crippen LogP contribution in [0.2, 0.25) is 0 Å². The highest BCUT2D eigenvalue weighted by molar-refractivity contribution is 5.84. The number of amides is 1. The van der Waals surface area contributed by atoms with Crippen LogP contribution in [0.1, 0.15) is 32.8 Å². The maximum atomic E-state index is 12.9. The van der Waals surface area contributed by atoms with E-state index in [1.54, 1.807) is 0 Å². The summed E-state index contributed by atoms with van der Waals surface area (Å²) in [6.45, 7) is 6.18. The Labute approximate surface area is 171 Å². The molecule has 29 heavy (non-hydrogen) atoms. The zero-order valence-corrected chi connectivity index (χ0v) is 17.0. The van der Waals surface area contributed by atoms with E-state index in [0.29, 0.717) is 12.2 Å². The SMILES string of the molecule is CC(C)(C)[C@H]1OC(=O)[C@H](CCOc2ccccc2)N1C(=O)OCc1ccccc1. The van der Waals surface area contributed by atoms with Crippen LogP contribution >= 0.6 is 0 Å². The number of benzene rings is 2. The van der Waals surface area contributed by atoms with Crippen molar-refractivity contribution in [2.75, 3.05) is 6.61 Å². The monoisotopic (exact) mass is 397 g/mol. The molecular weight excluding hydrogens is 370 g/mol. The largest absolute Gasteiger partial charge is 0.494 e. The van der Waals surface area contributed by atoms with Gasteiger partial charge < -0.3 is 14.2 Å². The van der Waals surface area contributed by atoms with E-state index in [9.17, 15) is 9.59 Å². The fourth-order valence-electron chi connectivity index (χ4n) is 3.20. The van der Waals surface area contributed by atoms with Gasteiger partial charge in [-0.1, -0.05) is 69.3 Å². The highest BCUT2D eigenvalue weighted by Crippen LogP contribution is 2.34. The number of ether oxygens (including phenoxy) is 3. The smallest absolute Gasteiger partial charge is 0.413 e. The lowest BCUT2D eigenvalue weighted by Crippen LogP contribution is -2.48. The van der Waals surface area contributed by atoms with Gasteiger partial charge in [0.1, 0.15) is 18.4 Å². The van der Waals surface area contributed by atoms with Crippen molar-refractivity contribution in [2.45, 2.75) is 46.1 Å². The zero-order chi connectivity index (χ0) is 20.9. The highest BCUT2D eigenvalue weighted by Gasteiger charge is 2.50. The zero-order valence-electron chi connectivity index (χ0n) is 17.0. The number of rotatable bonds is 6. The predicted octanol–water partition coefficient (Wildman–Crippen LogP) is 4.39. The first-order valence-electron chi connectivity index (χ1n) is 9.73. The molecule has 1 aliphatic rings. The van der Waals surface area contributed by atoms with Crippen LogP contribution < -0.4 is 4.74 Å². The number of carbonyl (C=O) groups is 2. The van der Waals surface area contributed by atoms with Gasteiger partial charge in [0.05, 0.1) is 6.61 Å². The summed E-state index contributed by atoms with van der Waals surface area (Å²) in [6.07, 6.45) is -0.940. The van der Waals surface area contributed by atoms with Gasteiger partial charge in [-0.3, -0.25) is 4.90 Å². The van der Waals surface area contributed by atoms with E-state index in [4.69, 9.17) is 14.2 Å². The molecule has 1 saturated heterocycles. The molecule has 0 spiro atoms. The fourth-order valence-corrected chi connectivity index (χ4v) is 3.20. The Bertz CT molecular complexity index is 816. The van der Waals surface area contributed by atoms with Crippen molar-refractivity contribution in [3.05, 3.63) is 66.2 Å². The molecule has 154 valence electrons. The third-order valence-electron chi connectivity index (χ3n) is 4.65. The van der Waals surface area contributed by atoms with Crippen molar-refractivity contribution in [3.8, 4) is 5.75 Å². The molecule has 0 unspecified atom stereocenters. The number of para-hydroxylation sites is 1. The molecule has 1 aliphatic heterocycles. The van der Waals surface area contributed by atoms with Crippen molar-refractivity contribution in [1.82, 2.24) is 4.90 Å². The summed E-state index contributed by atoms with van der Waals surface area (Å²) in [5, 5.41) is 0. The molecule has 0 bridgehead atoms. The normalized spacial score (nSPS) is 19.0. The minimum atomic E-state index is -0.744. The first kappa shape index (κ1) is 20.7. The van der Waals surface area contributed by atoms with Crippen LogP contribution in [-0.2, 0) is 20.9 Å². The summed E-state index contributed by atoms with van der Waals surface area (Å²) in [4.78, 5) is 26.8. The molecule has 3 rings (SSSR count). The van der Waals surface area contributed by atoms with Crippen molar-refractivity contribution in [1.29, 1.82) is 0 Å². The maximum absolute atomic E-state index is 12.9. The summed E-state index contributed by atoms with van der Waals surface area (Å²) in [6, 6.07) is 18.0. The summed E-state index contributed by atoms with van der Waals surface area (Å²) in [5.41, 5.74) is 0.430. The maximum Gasteiger partial charge on any atom is 0.413 e.